The number of aromatic nitrogens is 1. The minimum absolute atomic E-state index is 0.222. The highest BCUT2D eigenvalue weighted by Crippen LogP contribution is 2.02. The number of methoxy groups -OCH3 is 1. The molecule has 0 aliphatic carbocycles. The van der Waals surface area contributed by atoms with E-state index < -0.39 is 0 Å². The zero-order valence-corrected chi connectivity index (χ0v) is 6.78. The molecule has 1 aromatic heterocycles. The van der Waals surface area contributed by atoms with Crippen LogP contribution in [0.2, 0.25) is 0 Å². The lowest BCUT2D eigenvalue weighted by Crippen LogP contribution is -1.80. The summed E-state index contributed by atoms with van der Waals surface area (Å²) in [5.74, 6) is 1.02. The summed E-state index contributed by atoms with van der Waals surface area (Å²) in [6.07, 6.45) is 3.38. The van der Waals surface area contributed by atoms with Crippen molar-refractivity contribution in [2.75, 3.05) is 7.11 Å². The van der Waals surface area contributed by atoms with Crippen molar-refractivity contribution in [3.63, 3.8) is 0 Å². The molecular formula is C7H8ClNO2. The molecule has 4 heteroatoms. The summed E-state index contributed by atoms with van der Waals surface area (Å²) in [5, 5.41) is 0. The number of carbonyl (C=O) groups is 1. The average Bonchev–Trinajstić information content (AvgIpc) is 2.08. The number of halogens is 1. The first-order chi connectivity index (χ1) is 5.35. The summed E-state index contributed by atoms with van der Waals surface area (Å²) in [7, 11) is 1.62. The fourth-order valence-electron chi connectivity index (χ4n) is 0.468. The van der Waals surface area contributed by atoms with Crippen LogP contribution in [0.4, 0.5) is 0 Å². The molecular weight excluding hydrogens is 166 g/mol. The summed E-state index contributed by atoms with van der Waals surface area (Å²) in [4.78, 5) is 12.4. The van der Waals surface area contributed by atoms with Crippen LogP contribution in [0.25, 0.3) is 0 Å². The monoisotopic (exact) mass is 173 g/mol. The van der Waals surface area contributed by atoms with E-state index in [2.05, 4.69) is 16.6 Å². The molecule has 0 aliphatic rings. The standard InChI is InChI=1S/C6H7NO.CHClO/c1-8-6-3-2-4-7-5-6;2-1-3/h2-5H,1H3;1H. The fraction of sp³-hybridized carbons (Fsp3) is 0.143. The zero-order valence-electron chi connectivity index (χ0n) is 6.03. The topological polar surface area (TPSA) is 39.2 Å². The quantitative estimate of drug-likeness (QED) is 0.477. The van der Waals surface area contributed by atoms with Gasteiger partial charge in [-0.1, -0.05) is 0 Å². The van der Waals surface area contributed by atoms with Crippen molar-refractivity contribution >= 4 is 17.3 Å². The van der Waals surface area contributed by atoms with Crippen LogP contribution in [-0.4, -0.2) is 17.8 Å². The van der Waals surface area contributed by atoms with Crippen LogP contribution in [0.5, 0.6) is 5.75 Å². The van der Waals surface area contributed by atoms with Gasteiger partial charge >= 0.3 is 0 Å². The molecule has 0 radical (unpaired) electrons. The number of carbonyl (C=O) groups excluding carboxylic acids is 1. The fourth-order valence-corrected chi connectivity index (χ4v) is 0.468. The van der Waals surface area contributed by atoms with E-state index in [0.717, 1.165) is 5.75 Å². The largest absolute Gasteiger partial charge is 0.495 e. The Bertz CT molecular complexity index is 191. The zero-order chi connectivity index (χ0) is 8.53. The summed E-state index contributed by atoms with van der Waals surface area (Å²) in [5.41, 5.74) is 0. The number of rotatable bonds is 1. The molecule has 0 fully saturated rings. The van der Waals surface area contributed by atoms with Crippen LogP contribution in [0.1, 0.15) is 0 Å². The Morgan fingerprint density at radius 1 is 1.73 bits per heavy atom. The molecule has 0 N–H and O–H groups in total. The third-order valence-electron chi connectivity index (χ3n) is 0.870. The molecule has 0 spiro atoms. The van der Waals surface area contributed by atoms with E-state index in [1.165, 1.54) is 0 Å². The Morgan fingerprint density at radius 2 is 2.36 bits per heavy atom. The number of hydrogen-bond acceptors (Lipinski definition) is 3. The van der Waals surface area contributed by atoms with E-state index in [4.69, 9.17) is 9.53 Å². The van der Waals surface area contributed by atoms with Gasteiger partial charge in [0.2, 0.25) is 5.75 Å². The first-order valence-corrected chi connectivity index (χ1v) is 3.26. The van der Waals surface area contributed by atoms with Crippen molar-refractivity contribution in [3.8, 4) is 5.75 Å². The van der Waals surface area contributed by atoms with E-state index in [0.29, 0.717) is 0 Å². The van der Waals surface area contributed by atoms with Gasteiger partial charge in [0.05, 0.1) is 13.3 Å². The minimum Gasteiger partial charge on any atom is -0.495 e. The van der Waals surface area contributed by atoms with Gasteiger partial charge in [0.25, 0.3) is 0 Å². The summed E-state index contributed by atoms with van der Waals surface area (Å²) < 4.78 is 4.85. The number of hydrogen-bond donors (Lipinski definition) is 0. The summed E-state index contributed by atoms with van der Waals surface area (Å²) >= 11 is 4.32. The maximum Gasteiger partial charge on any atom is 0.208 e. The van der Waals surface area contributed by atoms with Gasteiger partial charge in [-0.25, -0.2) is 0 Å². The van der Waals surface area contributed by atoms with Gasteiger partial charge in [-0.2, -0.15) is 0 Å². The maximum atomic E-state index is 8.57. The first kappa shape index (κ1) is 9.91. The number of nitrogens with zero attached hydrogens (tertiary/aromatic N) is 1. The van der Waals surface area contributed by atoms with Crippen LogP contribution in [-0.2, 0) is 4.79 Å². The van der Waals surface area contributed by atoms with Crippen LogP contribution in [0, 0.1) is 0 Å². The SMILES string of the molecule is COc1cccnc1.O=CCl. The van der Waals surface area contributed by atoms with E-state index >= 15 is 0 Å². The van der Waals surface area contributed by atoms with Crippen LogP contribution in [0.15, 0.2) is 24.5 Å². The molecule has 1 rings (SSSR count). The predicted molar refractivity (Wildman–Crippen MR) is 43.4 cm³/mol. The van der Waals surface area contributed by atoms with E-state index in [1.807, 2.05) is 12.1 Å². The highest BCUT2D eigenvalue weighted by Gasteiger charge is 1.81. The first-order valence-electron chi connectivity index (χ1n) is 2.83. The van der Waals surface area contributed by atoms with E-state index in [9.17, 15) is 0 Å². The molecule has 1 aromatic rings. The number of pyridine rings is 1. The second kappa shape index (κ2) is 7.02. The van der Waals surface area contributed by atoms with Gasteiger partial charge in [0.1, 0.15) is 5.75 Å². The maximum absolute atomic E-state index is 8.57. The molecule has 0 saturated carbocycles. The third kappa shape index (κ3) is 5.36. The molecule has 0 unspecified atom stereocenters. The smallest absolute Gasteiger partial charge is 0.208 e. The van der Waals surface area contributed by atoms with Crippen LogP contribution in [0.3, 0.4) is 0 Å². The van der Waals surface area contributed by atoms with Crippen molar-refractivity contribution in [3.05, 3.63) is 24.5 Å². The molecule has 0 aliphatic heterocycles. The van der Waals surface area contributed by atoms with Gasteiger partial charge in [0, 0.05) is 6.20 Å². The van der Waals surface area contributed by atoms with Crippen molar-refractivity contribution in [2.24, 2.45) is 0 Å². The highest BCUT2D eigenvalue weighted by molar-refractivity contribution is 6.54. The molecule has 11 heavy (non-hydrogen) atoms. The normalized spacial score (nSPS) is 7.45. The second-order valence-electron chi connectivity index (χ2n) is 1.48. The van der Waals surface area contributed by atoms with Gasteiger partial charge in [0.15, 0.2) is 0 Å². The highest BCUT2D eigenvalue weighted by atomic mass is 35.5. The van der Waals surface area contributed by atoms with Gasteiger partial charge in [-0.15, -0.1) is 0 Å². The van der Waals surface area contributed by atoms with Crippen molar-refractivity contribution < 1.29 is 9.53 Å². The van der Waals surface area contributed by atoms with Crippen molar-refractivity contribution in [2.45, 2.75) is 0 Å². The van der Waals surface area contributed by atoms with Crippen LogP contribution < -0.4 is 4.74 Å². The predicted octanol–water partition coefficient (Wildman–Crippen LogP) is 1.51. The van der Waals surface area contributed by atoms with Crippen molar-refractivity contribution in [1.29, 1.82) is 0 Å². The van der Waals surface area contributed by atoms with Crippen LogP contribution >= 0.6 is 11.6 Å². The number of ether oxygens (including phenoxy) is 1. The lowest BCUT2D eigenvalue weighted by atomic mass is 10.5. The van der Waals surface area contributed by atoms with E-state index in [-0.39, 0.29) is 5.75 Å². The molecule has 0 aromatic carbocycles. The van der Waals surface area contributed by atoms with Gasteiger partial charge in [-0.3, -0.25) is 9.78 Å². The molecule has 0 amide bonds. The Hall–Kier alpha value is -1.09. The Kier molecular flexibility index (Phi) is 6.33. The summed E-state index contributed by atoms with van der Waals surface area (Å²) in [6.45, 7) is 0. The molecule has 0 saturated heterocycles. The molecule has 0 atom stereocenters. The Morgan fingerprint density at radius 3 is 2.64 bits per heavy atom. The lowest BCUT2D eigenvalue weighted by molar-refractivity contribution is 0.413. The average molecular weight is 174 g/mol. The Balaban J connectivity index is 0.000000292. The molecule has 3 nitrogen and oxygen atoms in total. The molecule has 1 heterocycles. The van der Waals surface area contributed by atoms with E-state index in [1.54, 1.807) is 19.5 Å². The third-order valence-corrected chi connectivity index (χ3v) is 0.870. The lowest BCUT2D eigenvalue weighted by Gasteiger charge is -1.93. The second-order valence-corrected chi connectivity index (χ2v) is 1.66. The van der Waals surface area contributed by atoms with Gasteiger partial charge in [-0.05, 0) is 23.7 Å². The van der Waals surface area contributed by atoms with Crippen molar-refractivity contribution in [1.82, 2.24) is 4.98 Å². The Labute approximate surface area is 70.0 Å². The summed E-state index contributed by atoms with van der Waals surface area (Å²) in [6, 6.07) is 3.69. The molecule has 60 valence electrons. The molecule has 0 bridgehead atoms. The minimum atomic E-state index is 0.222. The van der Waals surface area contributed by atoms with Gasteiger partial charge < -0.3 is 4.74 Å².